The number of benzene rings is 1. The Morgan fingerprint density at radius 2 is 1.87 bits per heavy atom. The molecular formula is C22H26F2N6O. The summed E-state index contributed by atoms with van der Waals surface area (Å²) in [4.78, 5) is 19.1. The molecule has 3 heterocycles. The quantitative estimate of drug-likeness (QED) is 0.680. The van der Waals surface area contributed by atoms with Gasteiger partial charge in [0.25, 0.3) is 11.8 Å². The maximum absolute atomic E-state index is 13.6. The van der Waals surface area contributed by atoms with Crippen LogP contribution in [-0.2, 0) is 5.41 Å². The number of aromatic nitrogens is 5. The Hall–Kier alpha value is -3.10. The van der Waals surface area contributed by atoms with Gasteiger partial charge in [0.05, 0.1) is 16.9 Å². The number of halogens is 2. The lowest BCUT2D eigenvalue weighted by Gasteiger charge is -2.32. The summed E-state index contributed by atoms with van der Waals surface area (Å²) in [5, 5.41) is 11.7. The summed E-state index contributed by atoms with van der Waals surface area (Å²) in [7, 11) is 0. The first-order valence-electron chi connectivity index (χ1n) is 10.3. The van der Waals surface area contributed by atoms with Crippen molar-refractivity contribution in [3.05, 3.63) is 47.5 Å². The maximum Gasteiger partial charge on any atom is 0.256 e. The van der Waals surface area contributed by atoms with Crippen LogP contribution in [0.5, 0.6) is 0 Å². The predicted molar refractivity (Wildman–Crippen MR) is 112 cm³/mol. The molecule has 1 N–H and O–H groups in total. The van der Waals surface area contributed by atoms with Crippen molar-refractivity contribution in [2.75, 3.05) is 13.1 Å². The van der Waals surface area contributed by atoms with Crippen molar-refractivity contribution in [3.8, 4) is 17.1 Å². The van der Waals surface area contributed by atoms with E-state index in [1.165, 1.54) is 4.90 Å². The molecule has 0 saturated carbocycles. The Morgan fingerprint density at radius 3 is 2.45 bits per heavy atom. The highest BCUT2D eigenvalue weighted by Gasteiger charge is 2.36. The first kappa shape index (κ1) is 21.1. The topological polar surface area (TPSA) is 79.7 Å². The molecule has 4 rings (SSSR count). The van der Waals surface area contributed by atoms with E-state index in [4.69, 9.17) is 0 Å². The molecule has 164 valence electrons. The molecule has 0 spiro atoms. The summed E-state index contributed by atoms with van der Waals surface area (Å²) in [5.74, 6) is -1.80. The molecule has 0 aliphatic carbocycles. The van der Waals surface area contributed by atoms with E-state index in [2.05, 4.69) is 41.1 Å². The zero-order chi connectivity index (χ0) is 22.4. The SMILES string of the molecule is Cc1nc(-c2ccc(C(=O)N3CCC(F)(F)CC3)c(-n3ccc(C(C)(C)C)n3)c2)n[nH]1. The Balaban J connectivity index is 1.75. The fourth-order valence-electron chi connectivity index (χ4n) is 3.58. The highest BCUT2D eigenvalue weighted by atomic mass is 19.3. The number of carbonyl (C=O) groups is 1. The number of aryl methyl sites for hydroxylation is 1. The second-order valence-corrected chi connectivity index (χ2v) is 9.02. The molecule has 1 aliphatic rings. The minimum Gasteiger partial charge on any atom is -0.338 e. The average molecular weight is 428 g/mol. The fraction of sp³-hybridized carbons (Fsp3) is 0.455. The molecule has 7 nitrogen and oxygen atoms in total. The second-order valence-electron chi connectivity index (χ2n) is 9.02. The van der Waals surface area contributed by atoms with Gasteiger partial charge in [-0.05, 0) is 25.1 Å². The zero-order valence-electron chi connectivity index (χ0n) is 18.1. The largest absolute Gasteiger partial charge is 0.338 e. The first-order chi connectivity index (χ1) is 14.5. The van der Waals surface area contributed by atoms with Crippen LogP contribution < -0.4 is 0 Å². The van der Waals surface area contributed by atoms with Gasteiger partial charge in [0, 0.05) is 43.1 Å². The third kappa shape index (κ3) is 4.35. The van der Waals surface area contributed by atoms with Gasteiger partial charge in [-0.2, -0.15) is 10.2 Å². The van der Waals surface area contributed by atoms with Crippen LogP contribution in [0.4, 0.5) is 8.78 Å². The number of nitrogens with zero attached hydrogens (tertiary/aromatic N) is 5. The Labute approximate surface area is 179 Å². The van der Waals surface area contributed by atoms with E-state index >= 15 is 0 Å². The van der Waals surface area contributed by atoms with Gasteiger partial charge >= 0.3 is 0 Å². The van der Waals surface area contributed by atoms with E-state index in [1.807, 2.05) is 25.3 Å². The van der Waals surface area contributed by atoms with Crippen molar-refractivity contribution >= 4 is 5.91 Å². The smallest absolute Gasteiger partial charge is 0.256 e. The van der Waals surface area contributed by atoms with Gasteiger partial charge < -0.3 is 4.90 Å². The standard InChI is InChI=1S/C22H26F2N6O/c1-14-25-19(27-26-14)15-5-6-16(20(31)29-11-8-22(23,24)9-12-29)17(13-15)30-10-7-18(28-30)21(2,3)4/h5-7,10,13H,8-9,11-12H2,1-4H3,(H,25,26,27). The molecule has 0 unspecified atom stereocenters. The Bertz CT molecular complexity index is 1100. The van der Waals surface area contributed by atoms with Gasteiger partial charge in [-0.1, -0.05) is 26.8 Å². The summed E-state index contributed by atoms with van der Waals surface area (Å²) in [6, 6.07) is 7.20. The van der Waals surface area contributed by atoms with Crippen molar-refractivity contribution in [2.45, 2.75) is 51.9 Å². The summed E-state index contributed by atoms with van der Waals surface area (Å²) in [6.45, 7) is 8.05. The van der Waals surface area contributed by atoms with Gasteiger partial charge in [-0.15, -0.1) is 0 Å². The molecule has 2 aromatic heterocycles. The number of amides is 1. The van der Waals surface area contributed by atoms with Gasteiger partial charge in [-0.25, -0.2) is 18.4 Å². The molecule has 0 bridgehead atoms. The number of piperidine rings is 1. The molecule has 1 fully saturated rings. The number of hydrogen-bond donors (Lipinski definition) is 1. The van der Waals surface area contributed by atoms with Crippen LogP contribution in [0.15, 0.2) is 30.5 Å². The molecular weight excluding hydrogens is 402 g/mol. The number of hydrogen-bond acceptors (Lipinski definition) is 4. The van der Waals surface area contributed by atoms with Crippen LogP contribution in [-0.4, -0.2) is 54.8 Å². The van der Waals surface area contributed by atoms with Crippen molar-refractivity contribution < 1.29 is 13.6 Å². The monoisotopic (exact) mass is 428 g/mol. The average Bonchev–Trinajstić information content (AvgIpc) is 3.36. The number of aromatic amines is 1. The van der Waals surface area contributed by atoms with Gasteiger partial charge in [-0.3, -0.25) is 9.89 Å². The highest BCUT2D eigenvalue weighted by molar-refractivity contribution is 5.98. The predicted octanol–water partition coefficient (Wildman–Crippen LogP) is 4.13. The molecule has 0 radical (unpaired) electrons. The van der Waals surface area contributed by atoms with Crippen LogP contribution in [0.1, 0.15) is 55.5 Å². The van der Waals surface area contributed by atoms with Crippen LogP contribution in [0.2, 0.25) is 0 Å². The molecule has 1 aliphatic heterocycles. The summed E-state index contributed by atoms with van der Waals surface area (Å²) < 4.78 is 28.8. The summed E-state index contributed by atoms with van der Waals surface area (Å²) in [5.41, 5.74) is 2.42. The third-order valence-electron chi connectivity index (χ3n) is 5.47. The number of likely N-dealkylation sites (tertiary alicyclic amines) is 1. The van der Waals surface area contributed by atoms with Crippen molar-refractivity contribution in [2.24, 2.45) is 0 Å². The number of alkyl halides is 2. The first-order valence-corrected chi connectivity index (χ1v) is 10.3. The lowest BCUT2D eigenvalue weighted by atomic mass is 9.93. The second kappa shape index (κ2) is 7.55. The molecule has 0 atom stereocenters. The van der Waals surface area contributed by atoms with Gasteiger partial charge in [0.1, 0.15) is 5.82 Å². The van der Waals surface area contributed by atoms with Crippen LogP contribution in [0.3, 0.4) is 0 Å². The van der Waals surface area contributed by atoms with E-state index in [0.29, 0.717) is 22.9 Å². The number of rotatable bonds is 3. The van der Waals surface area contributed by atoms with Crippen molar-refractivity contribution in [1.82, 2.24) is 29.9 Å². The highest BCUT2D eigenvalue weighted by Crippen LogP contribution is 2.30. The molecule has 9 heteroatoms. The van der Waals surface area contributed by atoms with Crippen LogP contribution in [0.25, 0.3) is 17.1 Å². The maximum atomic E-state index is 13.6. The van der Waals surface area contributed by atoms with Gasteiger partial charge in [0.15, 0.2) is 5.82 Å². The summed E-state index contributed by atoms with van der Waals surface area (Å²) >= 11 is 0. The molecule has 1 saturated heterocycles. The Kier molecular flexibility index (Phi) is 5.15. The van der Waals surface area contributed by atoms with E-state index < -0.39 is 5.92 Å². The van der Waals surface area contributed by atoms with E-state index in [9.17, 15) is 13.6 Å². The lowest BCUT2D eigenvalue weighted by molar-refractivity contribution is -0.0494. The fourth-order valence-corrected chi connectivity index (χ4v) is 3.58. The summed E-state index contributed by atoms with van der Waals surface area (Å²) in [6.07, 6.45) is 1.17. The minimum atomic E-state index is -2.71. The molecule has 1 amide bonds. The van der Waals surface area contributed by atoms with Crippen LogP contribution >= 0.6 is 0 Å². The minimum absolute atomic E-state index is 0.0273. The van der Waals surface area contributed by atoms with E-state index in [1.54, 1.807) is 16.8 Å². The van der Waals surface area contributed by atoms with Crippen LogP contribution in [0, 0.1) is 6.92 Å². The molecule has 3 aromatic rings. The van der Waals surface area contributed by atoms with Crippen molar-refractivity contribution in [3.63, 3.8) is 0 Å². The number of carbonyl (C=O) groups excluding carboxylic acids is 1. The Morgan fingerprint density at radius 1 is 1.16 bits per heavy atom. The molecule has 31 heavy (non-hydrogen) atoms. The van der Waals surface area contributed by atoms with E-state index in [0.717, 1.165) is 11.3 Å². The number of nitrogens with one attached hydrogen (secondary N) is 1. The van der Waals surface area contributed by atoms with E-state index in [-0.39, 0.29) is 37.3 Å². The van der Waals surface area contributed by atoms with Gasteiger partial charge in [0.2, 0.25) is 0 Å². The number of H-pyrrole nitrogens is 1. The zero-order valence-corrected chi connectivity index (χ0v) is 18.1. The molecule has 1 aromatic carbocycles. The normalized spacial score (nSPS) is 16.5. The lowest BCUT2D eigenvalue weighted by Crippen LogP contribution is -2.43. The third-order valence-corrected chi connectivity index (χ3v) is 5.47. The van der Waals surface area contributed by atoms with Crippen molar-refractivity contribution in [1.29, 1.82) is 0 Å².